The van der Waals surface area contributed by atoms with Crippen molar-refractivity contribution >= 4 is 29.9 Å². The number of rotatable bonds is 8. The molecule has 0 spiro atoms. The van der Waals surface area contributed by atoms with Crippen LogP contribution in [-0.2, 0) is 13.1 Å². The molecule has 0 aliphatic heterocycles. The highest BCUT2D eigenvalue weighted by Crippen LogP contribution is 2.12. The second-order valence-electron chi connectivity index (χ2n) is 6.62. The van der Waals surface area contributed by atoms with E-state index < -0.39 is 0 Å². The zero-order valence-electron chi connectivity index (χ0n) is 16.9. The van der Waals surface area contributed by atoms with E-state index in [1.165, 1.54) is 16.7 Å². The maximum Gasteiger partial charge on any atom is 0.192 e. The summed E-state index contributed by atoms with van der Waals surface area (Å²) in [5.41, 5.74) is 3.82. The first-order valence-electron chi connectivity index (χ1n) is 9.48. The van der Waals surface area contributed by atoms with Gasteiger partial charge in [0, 0.05) is 13.1 Å². The van der Waals surface area contributed by atoms with Crippen molar-refractivity contribution < 1.29 is 0 Å². The standard InChI is InChI=1S/C22H32N4.HI/c1-5-23-22(25-18(3)21-13-8-7-9-14-21)24-16-19-11-10-12-20(15-19)17-26(4)6-2;/h7-15,18H,5-6,16-17H2,1-4H3,(H2,23,24,25);1H. The van der Waals surface area contributed by atoms with Crippen molar-refractivity contribution in [2.24, 2.45) is 4.99 Å². The molecule has 0 aliphatic carbocycles. The number of hydrogen-bond acceptors (Lipinski definition) is 2. The summed E-state index contributed by atoms with van der Waals surface area (Å²) >= 11 is 0. The number of halogens is 1. The van der Waals surface area contributed by atoms with Gasteiger partial charge in [-0.2, -0.15) is 0 Å². The van der Waals surface area contributed by atoms with Crippen molar-refractivity contribution in [2.75, 3.05) is 20.1 Å². The third-order valence-electron chi connectivity index (χ3n) is 4.40. The van der Waals surface area contributed by atoms with Crippen LogP contribution < -0.4 is 10.6 Å². The molecule has 0 aliphatic rings. The average Bonchev–Trinajstić information content (AvgIpc) is 2.67. The molecule has 0 aromatic heterocycles. The fraction of sp³-hybridized carbons (Fsp3) is 0.409. The normalized spacial score (nSPS) is 12.4. The maximum atomic E-state index is 4.77. The van der Waals surface area contributed by atoms with E-state index in [1.54, 1.807) is 0 Å². The molecule has 2 N–H and O–H groups in total. The number of guanidine groups is 1. The van der Waals surface area contributed by atoms with Gasteiger partial charge in [-0.3, -0.25) is 0 Å². The van der Waals surface area contributed by atoms with Crippen LogP contribution >= 0.6 is 24.0 Å². The Morgan fingerprint density at radius 2 is 1.74 bits per heavy atom. The molecular formula is C22H33IN4. The van der Waals surface area contributed by atoms with Crippen LogP contribution in [0.3, 0.4) is 0 Å². The highest BCUT2D eigenvalue weighted by molar-refractivity contribution is 14.0. The highest BCUT2D eigenvalue weighted by Gasteiger charge is 2.07. The topological polar surface area (TPSA) is 39.7 Å². The Morgan fingerprint density at radius 1 is 1.04 bits per heavy atom. The van der Waals surface area contributed by atoms with E-state index in [1.807, 2.05) is 6.07 Å². The fourth-order valence-electron chi connectivity index (χ4n) is 2.77. The van der Waals surface area contributed by atoms with E-state index in [-0.39, 0.29) is 30.0 Å². The smallest absolute Gasteiger partial charge is 0.192 e. The molecule has 1 atom stereocenters. The monoisotopic (exact) mass is 480 g/mol. The van der Waals surface area contributed by atoms with Gasteiger partial charge < -0.3 is 15.5 Å². The third-order valence-corrected chi connectivity index (χ3v) is 4.40. The van der Waals surface area contributed by atoms with Gasteiger partial charge in [-0.05, 0) is 44.1 Å². The summed E-state index contributed by atoms with van der Waals surface area (Å²) in [4.78, 5) is 7.07. The quantitative estimate of drug-likeness (QED) is 0.330. The predicted molar refractivity (Wildman–Crippen MR) is 127 cm³/mol. The van der Waals surface area contributed by atoms with Crippen LogP contribution in [0.1, 0.15) is 43.5 Å². The predicted octanol–water partition coefficient (Wildman–Crippen LogP) is 4.57. The zero-order chi connectivity index (χ0) is 18.8. The van der Waals surface area contributed by atoms with Crippen LogP contribution in [0.25, 0.3) is 0 Å². The van der Waals surface area contributed by atoms with Crippen LogP contribution in [0, 0.1) is 0 Å². The Labute approximate surface area is 181 Å². The summed E-state index contributed by atoms with van der Waals surface area (Å²) in [7, 11) is 2.14. The van der Waals surface area contributed by atoms with Crippen molar-refractivity contribution in [3.8, 4) is 0 Å². The largest absolute Gasteiger partial charge is 0.357 e. The van der Waals surface area contributed by atoms with Crippen LogP contribution in [0.15, 0.2) is 59.6 Å². The second-order valence-corrected chi connectivity index (χ2v) is 6.62. The minimum atomic E-state index is 0. The molecule has 1 unspecified atom stereocenters. The van der Waals surface area contributed by atoms with Crippen molar-refractivity contribution in [3.63, 3.8) is 0 Å². The molecule has 0 saturated carbocycles. The van der Waals surface area contributed by atoms with Crippen LogP contribution in [0.2, 0.25) is 0 Å². The first-order chi connectivity index (χ1) is 12.6. The molecule has 2 rings (SSSR count). The number of nitrogens with zero attached hydrogens (tertiary/aromatic N) is 2. The van der Waals surface area contributed by atoms with Crippen LogP contribution in [-0.4, -0.2) is 31.0 Å². The molecule has 0 radical (unpaired) electrons. The second kappa shape index (κ2) is 12.7. The number of aliphatic imine (C=N–C) groups is 1. The van der Waals surface area contributed by atoms with Gasteiger partial charge in [0.2, 0.25) is 0 Å². The molecule has 148 valence electrons. The lowest BCUT2D eigenvalue weighted by Gasteiger charge is -2.18. The summed E-state index contributed by atoms with van der Waals surface area (Å²) in [6.45, 7) is 9.95. The minimum absolute atomic E-state index is 0. The Bertz CT molecular complexity index is 688. The number of benzene rings is 2. The SMILES string of the molecule is CCNC(=NCc1cccc(CN(C)CC)c1)NC(C)c1ccccc1.I. The summed E-state index contributed by atoms with van der Waals surface area (Å²) in [5.74, 6) is 0.847. The number of hydrogen-bond donors (Lipinski definition) is 2. The summed E-state index contributed by atoms with van der Waals surface area (Å²) < 4.78 is 0. The molecule has 0 amide bonds. The van der Waals surface area contributed by atoms with Gasteiger partial charge in [0.15, 0.2) is 5.96 Å². The van der Waals surface area contributed by atoms with Gasteiger partial charge in [0.1, 0.15) is 0 Å². The molecule has 0 heterocycles. The van der Waals surface area contributed by atoms with E-state index in [0.29, 0.717) is 6.54 Å². The Hall–Kier alpha value is -1.60. The summed E-state index contributed by atoms with van der Waals surface area (Å²) in [6, 6.07) is 19.3. The third kappa shape index (κ3) is 8.30. The van der Waals surface area contributed by atoms with Crippen LogP contribution in [0.4, 0.5) is 0 Å². The fourth-order valence-corrected chi connectivity index (χ4v) is 2.77. The van der Waals surface area contributed by atoms with E-state index in [9.17, 15) is 0 Å². The molecule has 4 nitrogen and oxygen atoms in total. The Kier molecular flexibility index (Phi) is 11.0. The van der Waals surface area contributed by atoms with Crippen molar-refractivity contribution in [1.82, 2.24) is 15.5 Å². The van der Waals surface area contributed by atoms with Crippen molar-refractivity contribution in [2.45, 2.75) is 39.9 Å². The molecule has 0 bridgehead atoms. The van der Waals surface area contributed by atoms with Gasteiger partial charge in [-0.25, -0.2) is 4.99 Å². The van der Waals surface area contributed by atoms with E-state index in [2.05, 4.69) is 91.9 Å². The average molecular weight is 480 g/mol. The van der Waals surface area contributed by atoms with Gasteiger partial charge in [0.25, 0.3) is 0 Å². The van der Waals surface area contributed by atoms with Crippen LogP contribution in [0.5, 0.6) is 0 Å². The maximum absolute atomic E-state index is 4.77. The lowest BCUT2D eigenvalue weighted by molar-refractivity contribution is 0.345. The number of nitrogens with one attached hydrogen (secondary N) is 2. The lowest BCUT2D eigenvalue weighted by Crippen LogP contribution is -2.38. The first kappa shape index (κ1) is 23.4. The zero-order valence-corrected chi connectivity index (χ0v) is 19.2. The van der Waals surface area contributed by atoms with Crippen molar-refractivity contribution in [1.29, 1.82) is 0 Å². The van der Waals surface area contributed by atoms with Gasteiger partial charge >= 0.3 is 0 Å². The van der Waals surface area contributed by atoms with Gasteiger partial charge in [-0.15, -0.1) is 24.0 Å². The van der Waals surface area contributed by atoms with Gasteiger partial charge in [0.05, 0.1) is 12.6 Å². The molecule has 2 aromatic rings. The highest BCUT2D eigenvalue weighted by atomic mass is 127. The molecule has 5 heteroatoms. The minimum Gasteiger partial charge on any atom is -0.357 e. The molecule has 0 fully saturated rings. The molecule has 27 heavy (non-hydrogen) atoms. The Balaban J connectivity index is 0.00000364. The van der Waals surface area contributed by atoms with Crippen molar-refractivity contribution in [3.05, 3.63) is 71.3 Å². The van der Waals surface area contributed by atoms with E-state index in [4.69, 9.17) is 4.99 Å². The van der Waals surface area contributed by atoms with E-state index >= 15 is 0 Å². The summed E-state index contributed by atoms with van der Waals surface area (Å²) in [5, 5.41) is 6.83. The molecule has 2 aromatic carbocycles. The summed E-state index contributed by atoms with van der Waals surface area (Å²) in [6.07, 6.45) is 0. The Morgan fingerprint density at radius 3 is 2.41 bits per heavy atom. The molecular weight excluding hydrogens is 447 g/mol. The molecule has 0 saturated heterocycles. The first-order valence-corrected chi connectivity index (χ1v) is 9.48. The van der Waals surface area contributed by atoms with Gasteiger partial charge in [-0.1, -0.05) is 61.5 Å². The van der Waals surface area contributed by atoms with E-state index in [0.717, 1.165) is 25.6 Å². The lowest BCUT2D eigenvalue weighted by atomic mass is 10.1.